The van der Waals surface area contributed by atoms with E-state index < -0.39 is 10.0 Å². The molecule has 0 aliphatic heterocycles. The van der Waals surface area contributed by atoms with Crippen molar-refractivity contribution < 1.29 is 17.9 Å². The lowest BCUT2D eigenvalue weighted by atomic mass is 10.3. The van der Waals surface area contributed by atoms with Gasteiger partial charge in [0.2, 0.25) is 10.0 Å². The summed E-state index contributed by atoms with van der Waals surface area (Å²) < 4.78 is 38.8. The summed E-state index contributed by atoms with van der Waals surface area (Å²) in [4.78, 5) is 11.5. The molecule has 24 heavy (non-hydrogen) atoms. The van der Waals surface area contributed by atoms with E-state index >= 15 is 0 Å². The van der Waals surface area contributed by atoms with Gasteiger partial charge in [-0.2, -0.15) is 5.10 Å². The van der Waals surface area contributed by atoms with Gasteiger partial charge in [0, 0.05) is 31.4 Å². The molecule has 1 heterocycles. The Hall–Kier alpha value is -2.39. The van der Waals surface area contributed by atoms with Gasteiger partial charge in [-0.25, -0.2) is 17.8 Å². The molecular weight excluding hydrogens is 334 g/mol. The molecule has 2 rings (SSSR count). The van der Waals surface area contributed by atoms with Crippen LogP contribution < -0.4 is 19.8 Å². The second-order valence-corrected chi connectivity index (χ2v) is 6.59. The van der Waals surface area contributed by atoms with E-state index in [0.717, 1.165) is 0 Å². The smallest absolute Gasteiger partial charge is 0.266 e. The summed E-state index contributed by atoms with van der Waals surface area (Å²) in [5, 5.41) is 3.91. The van der Waals surface area contributed by atoms with Crippen molar-refractivity contribution in [3.8, 4) is 11.5 Å². The summed E-state index contributed by atoms with van der Waals surface area (Å²) in [6, 6.07) is 7.49. The predicted molar refractivity (Wildman–Crippen MR) is 87.8 cm³/mol. The third kappa shape index (κ3) is 4.33. The topological polar surface area (TPSA) is 99.5 Å². The fourth-order valence-electron chi connectivity index (χ4n) is 2.06. The third-order valence-corrected chi connectivity index (χ3v) is 4.77. The largest absolute Gasteiger partial charge is 0.497 e. The number of nitrogens with one attached hydrogen (secondary N) is 1. The first-order valence-corrected chi connectivity index (χ1v) is 8.70. The van der Waals surface area contributed by atoms with Gasteiger partial charge in [-0.1, -0.05) is 0 Å². The Labute approximate surface area is 140 Å². The zero-order chi connectivity index (χ0) is 17.6. The van der Waals surface area contributed by atoms with Crippen LogP contribution in [0, 0.1) is 0 Å². The summed E-state index contributed by atoms with van der Waals surface area (Å²) in [6.45, 7) is 0.475. The van der Waals surface area contributed by atoms with E-state index in [-0.39, 0.29) is 22.7 Å². The zero-order valence-corrected chi connectivity index (χ0v) is 14.2. The average Bonchev–Trinajstić information content (AvgIpc) is 2.59. The van der Waals surface area contributed by atoms with Gasteiger partial charge < -0.3 is 9.47 Å². The molecule has 2 aromatic rings. The van der Waals surface area contributed by atoms with Crippen LogP contribution in [0.15, 0.2) is 46.2 Å². The molecule has 0 aliphatic rings. The van der Waals surface area contributed by atoms with Crippen molar-refractivity contribution >= 4 is 10.0 Å². The number of rotatable bonds is 8. The molecule has 1 N–H and O–H groups in total. The minimum Gasteiger partial charge on any atom is -0.497 e. The second kappa shape index (κ2) is 7.93. The number of sulfonamides is 1. The molecule has 0 spiro atoms. The molecule has 0 radical (unpaired) electrons. The first-order chi connectivity index (χ1) is 11.5. The summed E-state index contributed by atoms with van der Waals surface area (Å²) in [5.41, 5.74) is -0.227. The van der Waals surface area contributed by atoms with Gasteiger partial charge in [-0.3, -0.25) is 4.79 Å². The molecule has 0 atom stereocenters. The number of hydrogen-bond acceptors (Lipinski definition) is 6. The summed E-state index contributed by atoms with van der Waals surface area (Å²) in [6.07, 6.45) is 1.93. The van der Waals surface area contributed by atoms with Crippen LogP contribution in [0.25, 0.3) is 0 Å². The number of nitrogens with zero attached hydrogens (tertiary/aromatic N) is 2. The van der Waals surface area contributed by atoms with E-state index in [4.69, 9.17) is 9.47 Å². The minimum absolute atomic E-state index is 0.000599. The van der Waals surface area contributed by atoms with E-state index in [2.05, 4.69) is 9.82 Å². The SMILES string of the molecule is COc1ccc(OC)c(S(=O)(=O)NCCCn2ncccc2=O)c1. The molecule has 0 fully saturated rings. The predicted octanol–water partition coefficient (Wildman–Crippen LogP) is 0.629. The fourth-order valence-corrected chi connectivity index (χ4v) is 3.32. The normalized spacial score (nSPS) is 11.2. The molecule has 130 valence electrons. The van der Waals surface area contributed by atoms with E-state index in [1.165, 1.54) is 43.3 Å². The summed E-state index contributed by atoms with van der Waals surface area (Å²) >= 11 is 0. The Bertz CT molecular complexity index is 848. The second-order valence-electron chi connectivity index (χ2n) is 4.85. The molecule has 0 aliphatic carbocycles. The molecule has 8 nitrogen and oxygen atoms in total. The van der Waals surface area contributed by atoms with E-state index in [1.54, 1.807) is 12.1 Å². The Morgan fingerprint density at radius 3 is 2.67 bits per heavy atom. The van der Waals surface area contributed by atoms with Gasteiger partial charge in [0.15, 0.2) is 0 Å². The first-order valence-electron chi connectivity index (χ1n) is 7.22. The Kier molecular flexibility index (Phi) is 5.93. The number of ether oxygens (including phenoxy) is 2. The monoisotopic (exact) mass is 353 g/mol. The minimum atomic E-state index is -3.76. The van der Waals surface area contributed by atoms with Crippen LogP contribution in [0.1, 0.15) is 6.42 Å². The number of aryl methyl sites for hydroxylation is 1. The quantitative estimate of drug-likeness (QED) is 0.699. The first kappa shape index (κ1) is 18.0. The Morgan fingerprint density at radius 2 is 2.00 bits per heavy atom. The maximum absolute atomic E-state index is 12.4. The molecule has 0 saturated carbocycles. The standard InChI is InChI=1S/C15H19N3O5S/c1-22-12-6-7-13(23-2)14(11-12)24(20,21)17-9-4-10-18-15(19)5-3-8-16-18/h3,5-8,11,17H,4,9-10H2,1-2H3. The third-order valence-electron chi connectivity index (χ3n) is 3.28. The van der Waals surface area contributed by atoms with Gasteiger partial charge in [-0.15, -0.1) is 0 Å². The molecule has 0 unspecified atom stereocenters. The van der Waals surface area contributed by atoms with Crippen LogP contribution in [0.3, 0.4) is 0 Å². The van der Waals surface area contributed by atoms with Crippen molar-refractivity contribution in [2.24, 2.45) is 0 Å². The van der Waals surface area contributed by atoms with Crippen LogP contribution in [0.2, 0.25) is 0 Å². The lowest BCUT2D eigenvalue weighted by Crippen LogP contribution is -2.28. The van der Waals surface area contributed by atoms with Gasteiger partial charge in [0.05, 0.1) is 14.2 Å². The van der Waals surface area contributed by atoms with Gasteiger partial charge in [-0.05, 0) is 24.6 Å². The molecule has 0 bridgehead atoms. The van der Waals surface area contributed by atoms with Crippen LogP contribution in [0.5, 0.6) is 11.5 Å². The highest BCUT2D eigenvalue weighted by atomic mass is 32.2. The Morgan fingerprint density at radius 1 is 1.21 bits per heavy atom. The van der Waals surface area contributed by atoms with Gasteiger partial charge in [0.25, 0.3) is 5.56 Å². The Balaban J connectivity index is 2.04. The zero-order valence-electron chi connectivity index (χ0n) is 13.4. The van der Waals surface area contributed by atoms with E-state index in [0.29, 0.717) is 18.7 Å². The average molecular weight is 353 g/mol. The van der Waals surface area contributed by atoms with Gasteiger partial charge >= 0.3 is 0 Å². The highest BCUT2D eigenvalue weighted by molar-refractivity contribution is 7.89. The summed E-state index contributed by atoms with van der Waals surface area (Å²) in [7, 11) is -0.911. The summed E-state index contributed by atoms with van der Waals surface area (Å²) in [5.74, 6) is 0.639. The molecule has 0 saturated heterocycles. The maximum Gasteiger partial charge on any atom is 0.266 e. The van der Waals surface area contributed by atoms with Crippen LogP contribution in [-0.2, 0) is 16.6 Å². The number of hydrogen-bond donors (Lipinski definition) is 1. The van der Waals surface area contributed by atoms with Crippen molar-refractivity contribution in [2.75, 3.05) is 20.8 Å². The van der Waals surface area contributed by atoms with E-state index in [9.17, 15) is 13.2 Å². The molecule has 0 amide bonds. The number of benzene rings is 1. The van der Waals surface area contributed by atoms with Crippen LogP contribution in [0.4, 0.5) is 0 Å². The van der Waals surface area contributed by atoms with Crippen molar-refractivity contribution in [3.05, 3.63) is 46.9 Å². The van der Waals surface area contributed by atoms with Crippen LogP contribution >= 0.6 is 0 Å². The number of aromatic nitrogens is 2. The highest BCUT2D eigenvalue weighted by Gasteiger charge is 2.20. The van der Waals surface area contributed by atoms with E-state index in [1.807, 2.05) is 0 Å². The maximum atomic E-state index is 12.4. The highest BCUT2D eigenvalue weighted by Crippen LogP contribution is 2.27. The molecular formula is C15H19N3O5S. The van der Waals surface area contributed by atoms with Gasteiger partial charge in [0.1, 0.15) is 16.4 Å². The van der Waals surface area contributed by atoms with Crippen LogP contribution in [-0.4, -0.2) is 39.0 Å². The molecule has 1 aromatic heterocycles. The molecule has 1 aromatic carbocycles. The van der Waals surface area contributed by atoms with Crippen molar-refractivity contribution in [3.63, 3.8) is 0 Å². The number of methoxy groups -OCH3 is 2. The molecule has 9 heteroatoms. The van der Waals surface area contributed by atoms with Crippen molar-refractivity contribution in [1.29, 1.82) is 0 Å². The van der Waals surface area contributed by atoms with Crippen molar-refractivity contribution in [1.82, 2.24) is 14.5 Å². The van der Waals surface area contributed by atoms with Crippen molar-refractivity contribution in [2.45, 2.75) is 17.9 Å². The fraction of sp³-hybridized carbons (Fsp3) is 0.333. The lowest BCUT2D eigenvalue weighted by molar-refractivity contribution is 0.392. The lowest BCUT2D eigenvalue weighted by Gasteiger charge is -2.12.